The highest BCUT2D eigenvalue weighted by Crippen LogP contribution is 2.46. The maximum absolute atomic E-state index is 10.6. The highest BCUT2D eigenvalue weighted by molar-refractivity contribution is 8.21. The van der Waals surface area contributed by atoms with Gasteiger partial charge in [-0.05, 0) is 6.92 Å². The molecule has 0 aliphatic carbocycles. The molecule has 0 aromatic carbocycles. The largest absolute Gasteiger partial charge is 0.308 e. The topological polar surface area (TPSA) is 66.8 Å². The van der Waals surface area contributed by atoms with Crippen LogP contribution in [0.5, 0.6) is 0 Å². The molecule has 1 heterocycles. The lowest BCUT2D eigenvalue weighted by atomic mass is 10.3. The van der Waals surface area contributed by atoms with Gasteiger partial charge in [-0.25, -0.2) is 0 Å². The van der Waals surface area contributed by atoms with Crippen LogP contribution in [0.3, 0.4) is 0 Å². The van der Waals surface area contributed by atoms with E-state index >= 15 is 0 Å². The van der Waals surface area contributed by atoms with E-state index < -0.39 is 17.0 Å². The molecule has 54 valence electrons. The van der Waals surface area contributed by atoms with E-state index in [9.17, 15) is 4.79 Å². The molecule has 2 N–H and O–H groups in total. The minimum absolute atomic E-state index is 0.241. The summed E-state index contributed by atoms with van der Waals surface area (Å²) in [5, 5.41) is 0. The van der Waals surface area contributed by atoms with E-state index in [0.29, 0.717) is 0 Å². The predicted octanol–water partition coefficient (Wildman–Crippen LogP) is 0.640. The Hall–Kier alpha value is -0.100. The average Bonchev–Trinajstić information content (AvgIpc) is 1.79. The highest BCUT2D eigenvalue weighted by Gasteiger charge is 2.36. The predicted molar refractivity (Wildman–Crippen MR) is 33.3 cm³/mol. The molecular weight excluding hydrogens is 144 g/mol. The van der Waals surface area contributed by atoms with Gasteiger partial charge in [0, 0.05) is 0 Å². The van der Waals surface area contributed by atoms with Crippen molar-refractivity contribution in [3.05, 3.63) is 0 Å². The first-order chi connectivity index (χ1) is 4.01. The number of carbonyl (C=O) groups is 1. The summed E-state index contributed by atoms with van der Waals surface area (Å²) in [4.78, 5) is 10.6. The van der Waals surface area contributed by atoms with Crippen molar-refractivity contribution in [1.29, 1.82) is 0 Å². The minimum atomic E-state index is -2.99. The molecule has 0 amide bonds. The Bertz CT molecular complexity index is 144. The number of hydrogen-bond donors (Lipinski definition) is 2. The monoisotopic (exact) mass is 152 g/mol. The molecule has 1 atom stereocenters. The number of hydrogen-bond acceptors (Lipinski definition) is 4. The molecule has 0 bridgehead atoms. The molecule has 0 aromatic rings. The Morgan fingerprint density at radius 2 is 2.33 bits per heavy atom. The molecule has 1 unspecified atom stereocenters. The maximum Gasteiger partial charge on any atom is 0.177 e. The van der Waals surface area contributed by atoms with Crippen LogP contribution < -0.4 is 0 Å². The molecule has 5 heteroatoms. The normalized spacial score (nSPS) is 36.8. The molecule has 4 nitrogen and oxygen atoms in total. The van der Waals surface area contributed by atoms with Crippen molar-refractivity contribution in [3.63, 3.8) is 0 Å². The Morgan fingerprint density at radius 3 is 2.44 bits per heavy atom. The van der Waals surface area contributed by atoms with Gasteiger partial charge in [0.1, 0.15) is 11.9 Å². The summed E-state index contributed by atoms with van der Waals surface area (Å²) in [7, 11) is -2.99. The number of carbonyl (C=O) groups excluding carboxylic acids is 1. The van der Waals surface area contributed by atoms with Crippen molar-refractivity contribution in [2.24, 2.45) is 0 Å². The van der Waals surface area contributed by atoms with Gasteiger partial charge in [-0.3, -0.25) is 8.98 Å². The Labute approximate surface area is 54.4 Å². The van der Waals surface area contributed by atoms with Crippen molar-refractivity contribution in [2.75, 3.05) is 5.75 Å². The summed E-state index contributed by atoms with van der Waals surface area (Å²) >= 11 is 0. The fraction of sp³-hybridized carbons (Fsp3) is 0.750. The summed E-state index contributed by atoms with van der Waals surface area (Å²) in [6, 6.07) is 0. The molecule has 1 fully saturated rings. The highest BCUT2D eigenvalue weighted by atomic mass is 32.3. The van der Waals surface area contributed by atoms with Crippen molar-refractivity contribution in [1.82, 2.24) is 0 Å². The van der Waals surface area contributed by atoms with Gasteiger partial charge in [0.15, 0.2) is 5.78 Å². The van der Waals surface area contributed by atoms with Gasteiger partial charge in [-0.1, -0.05) is 0 Å². The Kier molecular flexibility index (Phi) is 1.52. The van der Waals surface area contributed by atoms with Crippen LogP contribution in [0.25, 0.3) is 0 Å². The number of rotatable bonds is 0. The fourth-order valence-corrected chi connectivity index (χ4v) is 1.86. The van der Waals surface area contributed by atoms with Crippen LogP contribution in [-0.4, -0.2) is 26.7 Å². The van der Waals surface area contributed by atoms with Crippen LogP contribution in [0.2, 0.25) is 0 Å². The first kappa shape index (κ1) is 7.01. The van der Waals surface area contributed by atoms with E-state index in [4.69, 9.17) is 9.11 Å². The van der Waals surface area contributed by atoms with E-state index in [2.05, 4.69) is 4.18 Å². The third-order valence-corrected chi connectivity index (χ3v) is 2.34. The zero-order chi connectivity index (χ0) is 7.07. The Morgan fingerprint density at radius 1 is 1.78 bits per heavy atom. The first-order valence-corrected chi connectivity index (χ1v) is 4.12. The van der Waals surface area contributed by atoms with Gasteiger partial charge < -0.3 is 9.11 Å². The summed E-state index contributed by atoms with van der Waals surface area (Å²) < 4.78 is 22.0. The van der Waals surface area contributed by atoms with Gasteiger partial charge in [-0.2, -0.15) is 0 Å². The third kappa shape index (κ3) is 1.42. The van der Waals surface area contributed by atoms with Gasteiger partial charge in [-0.15, -0.1) is 0 Å². The molecule has 1 saturated heterocycles. The molecule has 1 rings (SSSR count). The SMILES string of the molecule is CC1OS(O)(O)CC1=O. The van der Waals surface area contributed by atoms with E-state index in [1.54, 1.807) is 0 Å². The molecule has 1 aliphatic rings. The van der Waals surface area contributed by atoms with Gasteiger partial charge in [0.2, 0.25) is 0 Å². The molecule has 0 aromatic heterocycles. The van der Waals surface area contributed by atoms with Crippen molar-refractivity contribution >= 4 is 16.7 Å². The zero-order valence-corrected chi connectivity index (χ0v) is 5.72. The van der Waals surface area contributed by atoms with Crippen LogP contribution in [0.15, 0.2) is 0 Å². The van der Waals surface area contributed by atoms with E-state index in [1.807, 2.05) is 0 Å². The summed E-state index contributed by atoms with van der Waals surface area (Å²) in [5.74, 6) is -0.483. The second-order valence-electron chi connectivity index (χ2n) is 1.96. The van der Waals surface area contributed by atoms with E-state index in [0.717, 1.165) is 0 Å². The number of ketones is 1. The smallest absolute Gasteiger partial charge is 0.177 e. The third-order valence-electron chi connectivity index (χ3n) is 1.08. The lowest BCUT2D eigenvalue weighted by molar-refractivity contribution is -0.120. The molecule has 1 aliphatic heterocycles. The minimum Gasteiger partial charge on any atom is -0.308 e. The van der Waals surface area contributed by atoms with E-state index in [-0.39, 0.29) is 11.5 Å². The second-order valence-corrected chi connectivity index (χ2v) is 3.65. The fourth-order valence-electron chi connectivity index (χ4n) is 0.622. The quantitative estimate of drug-likeness (QED) is 0.534. The first-order valence-electron chi connectivity index (χ1n) is 2.48. The van der Waals surface area contributed by atoms with Crippen LogP contribution in [-0.2, 0) is 8.98 Å². The molecule has 0 spiro atoms. The lowest BCUT2D eigenvalue weighted by Crippen LogP contribution is -2.10. The van der Waals surface area contributed by atoms with Gasteiger partial charge in [0.05, 0.1) is 10.9 Å². The van der Waals surface area contributed by atoms with Crippen molar-refractivity contribution in [2.45, 2.75) is 13.0 Å². The molecular formula is C4H8O4S. The van der Waals surface area contributed by atoms with E-state index in [1.165, 1.54) is 6.92 Å². The van der Waals surface area contributed by atoms with Crippen LogP contribution >= 0.6 is 10.9 Å². The van der Waals surface area contributed by atoms with Gasteiger partial charge >= 0.3 is 0 Å². The maximum atomic E-state index is 10.6. The molecule has 0 saturated carbocycles. The second kappa shape index (κ2) is 1.95. The average molecular weight is 152 g/mol. The summed E-state index contributed by atoms with van der Waals surface area (Å²) in [6.07, 6.45) is -0.644. The standard InChI is InChI=1S/C4H8O4S/c1-3-4(5)2-9(6,7)8-3/h3,6-7H,2H2,1H3. The van der Waals surface area contributed by atoms with Crippen molar-refractivity contribution < 1.29 is 18.1 Å². The molecule has 9 heavy (non-hydrogen) atoms. The van der Waals surface area contributed by atoms with Crippen LogP contribution in [0.4, 0.5) is 0 Å². The zero-order valence-electron chi connectivity index (χ0n) is 4.90. The Balaban J connectivity index is 2.65. The number of Topliss-reactive ketones (excluding diaryl/α,β-unsaturated/α-hetero) is 1. The summed E-state index contributed by atoms with van der Waals surface area (Å²) in [5.41, 5.74) is 0. The molecule has 0 radical (unpaired) electrons. The van der Waals surface area contributed by atoms with Crippen LogP contribution in [0, 0.1) is 0 Å². The summed E-state index contributed by atoms with van der Waals surface area (Å²) in [6.45, 7) is 1.50. The van der Waals surface area contributed by atoms with Crippen molar-refractivity contribution in [3.8, 4) is 0 Å². The lowest BCUT2D eigenvalue weighted by Gasteiger charge is -2.17. The van der Waals surface area contributed by atoms with Gasteiger partial charge in [0.25, 0.3) is 0 Å². The van der Waals surface area contributed by atoms with Crippen LogP contribution in [0.1, 0.15) is 6.92 Å².